The summed E-state index contributed by atoms with van der Waals surface area (Å²) in [6.07, 6.45) is 0.615. The Balaban J connectivity index is 1.66. The first-order valence-corrected chi connectivity index (χ1v) is 11.5. The third-order valence-electron chi connectivity index (χ3n) is 5.80. The van der Waals surface area contributed by atoms with Gasteiger partial charge in [0.2, 0.25) is 5.91 Å². The monoisotopic (exact) mass is 437 g/mol. The van der Waals surface area contributed by atoms with Crippen LogP contribution in [-0.2, 0) is 4.79 Å². The van der Waals surface area contributed by atoms with Gasteiger partial charge in [0.25, 0.3) is 5.91 Å². The van der Waals surface area contributed by atoms with Crippen LogP contribution in [0.5, 0.6) is 5.75 Å². The molecule has 0 bridgehead atoms. The minimum Gasteiger partial charge on any atom is -0.492 e. The van der Waals surface area contributed by atoms with Crippen molar-refractivity contribution in [3.63, 3.8) is 0 Å². The summed E-state index contributed by atoms with van der Waals surface area (Å²) in [5.41, 5.74) is 2.58. The minimum absolute atomic E-state index is 0.00150. The second kappa shape index (κ2) is 11.0. The van der Waals surface area contributed by atoms with Gasteiger partial charge in [-0.1, -0.05) is 44.2 Å². The Morgan fingerprint density at radius 1 is 1.00 bits per heavy atom. The molecular formula is C26H35N3O3. The number of piperazine rings is 1. The zero-order chi connectivity index (χ0) is 23.1. The van der Waals surface area contributed by atoms with Gasteiger partial charge in [0, 0.05) is 31.7 Å². The van der Waals surface area contributed by atoms with Gasteiger partial charge >= 0.3 is 0 Å². The molecule has 3 rings (SSSR count). The normalized spacial score (nSPS) is 14.9. The summed E-state index contributed by atoms with van der Waals surface area (Å²) in [5.74, 6) is 0.975. The number of carbonyl (C=O) groups is 2. The van der Waals surface area contributed by atoms with Crippen LogP contribution in [0, 0.1) is 12.8 Å². The number of hydrogen-bond acceptors (Lipinski definition) is 4. The molecule has 32 heavy (non-hydrogen) atoms. The number of aryl methyl sites for hydroxylation is 1. The lowest BCUT2D eigenvalue weighted by atomic mass is 10.0. The second-order valence-electron chi connectivity index (χ2n) is 8.68. The Labute approximate surface area is 191 Å². The third-order valence-corrected chi connectivity index (χ3v) is 5.80. The largest absolute Gasteiger partial charge is 0.492 e. The van der Waals surface area contributed by atoms with E-state index < -0.39 is 6.04 Å². The number of nitrogens with zero attached hydrogens (tertiary/aromatic N) is 2. The predicted molar refractivity (Wildman–Crippen MR) is 128 cm³/mol. The molecule has 6 nitrogen and oxygen atoms in total. The van der Waals surface area contributed by atoms with Gasteiger partial charge in [0.05, 0.1) is 12.3 Å². The number of amides is 2. The first kappa shape index (κ1) is 23.6. The molecule has 1 fully saturated rings. The van der Waals surface area contributed by atoms with E-state index in [1.54, 1.807) is 6.07 Å². The highest BCUT2D eigenvalue weighted by molar-refractivity contribution is 5.98. The number of carbonyl (C=O) groups excluding carboxylic acids is 2. The number of hydrogen-bond donors (Lipinski definition) is 1. The average molecular weight is 438 g/mol. The summed E-state index contributed by atoms with van der Waals surface area (Å²) >= 11 is 0. The Morgan fingerprint density at radius 2 is 1.66 bits per heavy atom. The lowest BCUT2D eigenvalue weighted by Crippen LogP contribution is -2.55. The molecular weight excluding hydrogens is 402 g/mol. The van der Waals surface area contributed by atoms with Gasteiger partial charge in [-0.2, -0.15) is 0 Å². The topological polar surface area (TPSA) is 61.9 Å². The van der Waals surface area contributed by atoms with Gasteiger partial charge in [-0.05, 0) is 49.9 Å². The maximum atomic E-state index is 13.4. The molecule has 1 heterocycles. The van der Waals surface area contributed by atoms with E-state index in [1.165, 1.54) is 0 Å². The zero-order valence-corrected chi connectivity index (χ0v) is 19.6. The Kier molecular flexibility index (Phi) is 8.14. The van der Waals surface area contributed by atoms with Crippen molar-refractivity contribution in [1.29, 1.82) is 0 Å². The van der Waals surface area contributed by atoms with Gasteiger partial charge in [-0.15, -0.1) is 0 Å². The lowest BCUT2D eigenvalue weighted by Gasteiger charge is -2.38. The van der Waals surface area contributed by atoms with E-state index in [4.69, 9.17) is 4.74 Å². The van der Waals surface area contributed by atoms with Crippen molar-refractivity contribution in [3.05, 3.63) is 59.7 Å². The van der Waals surface area contributed by atoms with Crippen molar-refractivity contribution in [2.75, 3.05) is 37.7 Å². The van der Waals surface area contributed by atoms with Gasteiger partial charge in [0.15, 0.2) is 0 Å². The molecule has 1 N–H and O–H groups in total. The van der Waals surface area contributed by atoms with E-state index in [1.807, 2.05) is 55.1 Å². The first-order valence-electron chi connectivity index (χ1n) is 11.5. The molecule has 0 radical (unpaired) electrons. The van der Waals surface area contributed by atoms with E-state index in [9.17, 15) is 9.59 Å². The van der Waals surface area contributed by atoms with Crippen LogP contribution in [-0.4, -0.2) is 55.5 Å². The van der Waals surface area contributed by atoms with Crippen molar-refractivity contribution in [2.45, 2.75) is 40.2 Å². The summed E-state index contributed by atoms with van der Waals surface area (Å²) < 4.78 is 5.77. The molecule has 0 aliphatic carbocycles. The van der Waals surface area contributed by atoms with E-state index >= 15 is 0 Å². The molecule has 2 amide bonds. The Bertz CT molecular complexity index is 920. The van der Waals surface area contributed by atoms with Gasteiger partial charge < -0.3 is 19.9 Å². The summed E-state index contributed by atoms with van der Waals surface area (Å²) in [5, 5.41) is 3.01. The standard InChI is InChI=1S/C26H35N3O3/c1-5-32-24-13-9-8-12-23(24)28-14-16-29(17-15-28)26(31)22(18-19(2)3)27-25(30)21-11-7-6-10-20(21)4/h6-13,19,22H,5,14-18H2,1-4H3,(H,27,30). The minimum atomic E-state index is -0.524. The second-order valence-corrected chi connectivity index (χ2v) is 8.68. The summed E-state index contributed by atoms with van der Waals surface area (Å²) in [6.45, 7) is 11.4. The first-order chi connectivity index (χ1) is 15.4. The molecule has 0 aromatic heterocycles. The fourth-order valence-electron chi connectivity index (χ4n) is 4.14. The molecule has 1 atom stereocenters. The zero-order valence-electron chi connectivity index (χ0n) is 19.6. The van der Waals surface area contributed by atoms with Crippen LogP contribution < -0.4 is 15.0 Å². The van der Waals surface area contributed by atoms with Gasteiger partial charge in [0.1, 0.15) is 11.8 Å². The number of ether oxygens (including phenoxy) is 1. The van der Waals surface area contributed by atoms with Crippen LogP contribution in [0.15, 0.2) is 48.5 Å². The highest BCUT2D eigenvalue weighted by Crippen LogP contribution is 2.29. The molecule has 1 aliphatic heterocycles. The van der Waals surface area contributed by atoms with E-state index in [0.717, 1.165) is 30.1 Å². The number of rotatable bonds is 8. The van der Waals surface area contributed by atoms with Gasteiger partial charge in [-0.25, -0.2) is 0 Å². The van der Waals surface area contributed by atoms with E-state index in [0.29, 0.717) is 37.6 Å². The molecule has 1 aliphatic rings. The number of para-hydroxylation sites is 2. The van der Waals surface area contributed by atoms with Crippen LogP contribution in [0.4, 0.5) is 5.69 Å². The smallest absolute Gasteiger partial charge is 0.252 e. The molecule has 0 saturated carbocycles. The highest BCUT2D eigenvalue weighted by atomic mass is 16.5. The Morgan fingerprint density at radius 3 is 2.31 bits per heavy atom. The maximum absolute atomic E-state index is 13.4. The van der Waals surface area contributed by atoms with Crippen LogP contribution in [0.2, 0.25) is 0 Å². The molecule has 1 unspecified atom stereocenters. The SMILES string of the molecule is CCOc1ccccc1N1CCN(C(=O)C(CC(C)C)NC(=O)c2ccccc2C)CC1. The molecule has 1 saturated heterocycles. The van der Waals surface area contributed by atoms with Crippen molar-refractivity contribution in [3.8, 4) is 5.75 Å². The van der Waals surface area contributed by atoms with Crippen LogP contribution in [0.3, 0.4) is 0 Å². The summed E-state index contributed by atoms with van der Waals surface area (Å²) in [4.78, 5) is 30.4. The van der Waals surface area contributed by atoms with E-state index in [-0.39, 0.29) is 11.8 Å². The fourth-order valence-corrected chi connectivity index (χ4v) is 4.14. The summed E-state index contributed by atoms with van der Waals surface area (Å²) in [6, 6.07) is 15.0. The van der Waals surface area contributed by atoms with Crippen LogP contribution in [0.1, 0.15) is 43.1 Å². The van der Waals surface area contributed by atoms with Crippen molar-refractivity contribution in [1.82, 2.24) is 10.2 Å². The van der Waals surface area contributed by atoms with Crippen LogP contribution >= 0.6 is 0 Å². The number of nitrogens with one attached hydrogen (secondary N) is 1. The van der Waals surface area contributed by atoms with E-state index in [2.05, 4.69) is 30.1 Å². The molecule has 0 spiro atoms. The molecule has 2 aromatic rings. The fraction of sp³-hybridized carbons (Fsp3) is 0.462. The summed E-state index contributed by atoms with van der Waals surface area (Å²) in [7, 11) is 0. The van der Waals surface area contributed by atoms with Crippen molar-refractivity contribution < 1.29 is 14.3 Å². The van der Waals surface area contributed by atoms with Crippen molar-refractivity contribution in [2.24, 2.45) is 5.92 Å². The molecule has 172 valence electrons. The maximum Gasteiger partial charge on any atom is 0.252 e. The number of anilines is 1. The third kappa shape index (κ3) is 5.81. The van der Waals surface area contributed by atoms with Gasteiger partial charge in [-0.3, -0.25) is 9.59 Å². The quantitative estimate of drug-likeness (QED) is 0.681. The van der Waals surface area contributed by atoms with Crippen molar-refractivity contribution >= 4 is 17.5 Å². The van der Waals surface area contributed by atoms with Crippen LogP contribution in [0.25, 0.3) is 0 Å². The molecule has 2 aromatic carbocycles. The lowest BCUT2D eigenvalue weighted by molar-refractivity contribution is -0.134. The average Bonchev–Trinajstić information content (AvgIpc) is 2.79. The predicted octanol–water partition coefficient (Wildman–Crippen LogP) is 3.89. The number of benzene rings is 2. The molecule has 6 heteroatoms. The highest BCUT2D eigenvalue weighted by Gasteiger charge is 2.30. The Hall–Kier alpha value is -3.02.